The number of aromatic nitrogens is 1. The number of pyridine rings is 1. The summed E-state index contributed by atoms with van der Waals surface area (Å²) in [7, 11) is 1.48. The Morgan fingerprint density at radius 3 is 2.38 bits per heavy atom. The van der Waals surface area contributed by atoms with E-state index in [1.165, 1.54) is 31.4 Å². The molecular formula is C25H26F3N5O4. The van der Waals surface area contributed by atoms with Crippen LogP contribution in [-0.2, 0) is 6.18 Å². The zero-order chi connectivity index (χ0) is 27.2. The number of amides is 3. The number of nitrogens with zero attached hydrogens (tertiary/aromatic N) is 1. The molecule has 0 radical (unpaired) electrons. The largest absolute Gasteiger partial charge is 0.489 e. The summed E-state index contributed by atoms with van der Waals surface area (Å²) in [5, 5.41) is 7.40. The van der Waals surface area contributed by atoms with Gasteiger partial charge in [-0.2, -0.15) is 13.2 Å². The number of ether oxygens (including phenoxy) is 2. The van der Waals surface area contributed by atoms with Crippen molar-refractivity contribution in [2.75, 3.05) is 24.3 Å². The zero-order valence-electron chi connectivity index (χ0n) is 20.3. The van der Waals surface area contributed by atoms with E-state index in [1.807, 2.05) is 0 Å². The van der Waals surface area contributed by atoms with Gasteiger partial charge in [0.15, 0.2) is 5.75 Å². The molecule has 196 valence electrons. The number of para-hydroxylation sites is 1. The summed E-state index contributed by atoms with van der Waals surface area (Å²) in [6.45, 7) is 2.99. The molecule has 3 amide bonds. The van der Waals surface area contributed by atoms with Crippen molar-refractivity contribution in [3.8, 4) is 17.2 Å². The second kappa shape index (κ2) is 11.2. The lowest BCUT2D eigenvalue weighted by atomic mass is 10.1. The predicted molar refractivity (Wildman–Crippen MR) is 132 cm³/mol. The molecule has 0 aliphatic heterocycles. The molecule has 0 atom stereocenters. The molecule has 1 heterocycles. The highest BCUT2D eigenvalue weighted by Gasteiger charge is 2.36. The molecule has 0 saturated carbocycles. The van der Waals surface area contributed by atoms with Gasteiger partial charge < -0.3 is 31.2 Å². The lowest BCUT2D eigenvalue weighted by Crippen LogP contribution is -2.39. The molecule has 0 unspecified atom stereocenters. The molecule has 2 aromatic carbocycles. The van der Waals surface area contributed by atoms with Gasteiger partial charge >= 0.3 is 12.2 Å². The van der Waals surface area contributed by atoms with Crippen LogP contribution in [0, 0.1) is 0 Å². The maximum absolute atomic E-state index is 13.6. The van der Waals surface area contributed by atoms with Crippen LogP contribution in [0.15, 0.2) is 60.8 Å². The van der Waals surface area contributed by atoms with Crippen LogP contribution >= 0.6 is 0 Å². The summed E-state index contributed by atoms with van der Waals surface area (Å²) >= 11 is 0. The van der Waals surface area contributed by atoms with Gasteiger partial charge in [0, 0.05) is 36.6 Å². The number of carbonyl (C=O) groups excluding carboxylic acids is 2. The van der Waals surface area contributed by atoms with Gasteiger partial charge in [-0.05, 0) is 44.2 Å². The standard InChI is InChI=1S/C25H26F3N5O4/c1-24(2,29)14-36-21-18(25(26,27)28)8-5-9-19(21)33-23(35)32-15-6-4-7-16(12-15)37-17-10-11-31-20(13-17)22(34)30-3/h4-13H,14,29H2,1-3H3,(H,30,34)(H2,32,33,35). The maximum atomic E-state index is 13.6. The number of urea groups is 1. The molecule has 0 bridgehead atoms. The molecule has 5 N–H and O–H groups in total. The molecule has 0 saturated heterocycles. The van der Waals surface area contributed by atoms with E-state index in [9.17, 15) is 22.8 Å². The van der Waals surface area contributed by atoms with E-state index in [1.54, 1.807) is 38.1 Å². The van der Waals surface area contributed by atoms with Crippen LogP contribution in [0.2, 0.25) is 0 Å². The lowest BCUT2D eigenvalue weighted by molar-refractivity contribution is -0.139. The average Bonchev–Trinajstić information content (AvgIpc) is 2.81. The third kappa shape index (κ3) is 7.84. The first-order chi connectivity index (χ1) is 17.4. The number of hydrogen-bond donors (Lipinski definition) is 4. The fraction of sp³-hybridized carbons (Fsp3) is 0.240. The normalized spacial score (nSPS) is 11.4. The Morgan fingerprint density at radius 1 is 1.00 bits per heavy atom. The minimum absolute atomic E-state index is 0.158. The Hall–Kier alpha value is -4.32. The highest BCUT2D eigenvalue weighted by Crippen LogP contribution is 2.40. The van der Waals surface area contributed by atoms with Crippen LogP contribution in [0.5, 0.6) is 17.2 Å². The van der Waals surface area contributed by atoms with Crippen molar-refractivity contribution in [3.63, 3.8) is 0 Å². The smallest absolute Gasteiger partial charge is 0.420 e. The van der Waals surface area contributed by atoms with E-state index >= 15 is 0 Å². The molecule has 0 aliphatic rings. The third-order valence-electron chi connectivity index (χ3n) is 4.68. The van der Waals surface area contributed by atoms with Crippen molar-refractivity contribution in [2.24, 2.45) is 5.73 Å². The van der Waals surface area contributed by atoms with Crippen LogP contribution in [0.3, 0.4) is 0 Å². The Balaban J connectivity index is 1.76. The summed E-state index contributed by atoms with van der Waals surface area (Å²) in [5.41, 5.74) is 4.18. The quantitative estimate of drug-likeness (QED) is 0.333. The maximum Gasteiger partial charge on any atom is 0.420 e. The number of nitrogens with two attached hydrogens (primary N) is 1. The number of hydrogen-bond acceptors (Lipinski definition) is 6. The van der Waals surface area contributed by atoms with Crippen molar-refractivity contribution in [2.45, 2.75) is 25.6 Å². The SMILES string of the molecule is CNC(=O)c1cc(Oc2cccc(NC(=O)Nc3cccc(C(F)(F)F)c3OCC(C)(C)N)c2)ccn1. The lowest BCUT2D eigenvalue weighted by Gasteiger charge is -2.23. The molecule has 3 rings (SSSR count). The minimum atomic E-state index is -4.71. The van der Waals surface area contributed by atoms with Gasteiger partial charge in [0.05, 0.1) is 11.3 Å². The zero-order valence-corrected chi connectivity index (χ0v) is 20.3. The number of carbonyl (C=O) groups is 2. The van der Waals surface area contributed by atoms with E-state index in [0.717, 1.165) is 12.1 Å². The van der Waals surface area contributed by atoms with Gasteiger partial charge in [-0.3, -0.25) is 9.78 Å². The topological polar surface area (TPSA) is 128 Å². The Bertz CT molecular complexity index is 1280. The molecule has 12 heteroatoms. The van der Waals surface area contributed by atoms with Crippen molar-refractivity contribution in [1.82, 2.24) is 10.3 Å². The third-order valence-corrected chi connectivity index (χ3v) is 4.68. The van der Waals surface area contributed by atoms with Crippen molar-refractivity contribution in [3.05, 3.63) is 72.1 Å². The molecule has 0 fully saturated rings. The van der Waals surface area contributed by atoms with Gasteiger partial charge in [0.2, 0.25) is 0 Å². The van der Waals surface area contributed by atoms with Crippen LogP contribution < -0.4 is 31.2 Å². The highest BCUT2D eigenvalue weighted by atomic mass is 19.4. The number of rotatable bonds is 8. The summed E-state index contributed by atoms with van der Waals surface area (Å²) in [6.07, 6.45) is -3.30. The molecule has 0 aliphatic carbocycles. The van der Waals surface area contributed by atoms with Gasteiger partial charge in [-0.15, -0.1) is 0 Å². The fourth-order valence-electron chi connectivity index (χ4n) is 3.06. The van der Waals surface area contributed by atoms with Crippen LogP contribution in [0.1, 0.15) is 29.9 Å². The van der Waals surface area contributed by atoms with E-state index < -0.39 is 29.1 Å². The van der Waals surface area contributed by atoms with E-state index in [0.29, 0.717) is 17.2 Å². The average molecular weight is 518 g/mol. The summed E-state index contributed by atoms with van der Waals surface area (Å²) in [5.74, 6) is -0.250. The fourth-order valence-corrected chi connectivity index (χ4v) is 3.06. The molecule has 1 aromatic heterocycles. The highest BCUT2D eigenvalue weighted by molar-refractivity contribution is 6.01. The number of anilines is 2. The van der Waals surface area contributed by atoms with Crippen LogP contribution in [0.4, 0.5) is 29.3 Å². The predicted octanol–water partition coefficient (Wildman–Crippen LogP) is 5.01. The first kappa shape index (κ1) is 27.3. The van der Waals surface area contributed by atoms with Gasteiger partial charge in [-0.1, -0.05) is 12.1 Å². The number of nitrogens with one attached hydrogen (secondary N) is 3. The van der Waals surface area contributed by atoms with Crippen molar-refractivity contribution < 1.29 is 32.2 Å². The number of halogens is 3. The van der Waals surface area contributed by atoms with Crippen molar-refractivity contribution >= 4 is 23.3 Å². The second-order valence-corrected chi connectivity index (χ2v) is 8.62. The first-order valence-corrected chi connectivity index (χ1v) is 11.0. The van der Waals surface area contributed by atoms with Crippen molar-refractivity contribution in [1.29, 1.82) is 0 Å². The molecular weight excluding hydrogens is 491 g/mol. The Kier molecular flexibility index (Phi) is 8.23. The van der Waals surface area contributed by atoms with E-state index in [-0.39, 0.29) is 23.9 Å². The number of benzene rings is 2. The molecule has 9 nitrogen and oxygen atoms in total. The van der Waals surface area contributed by atoms with Crippen LogP contribution in [0.25, 0.3) is 0 Å². The Labute approximate surface area is 211 Å². The van der Waals surface area contributed by atoms with E-state index in [2.05, 4.69) is 20.9 Å². The molecule has 0 spiro atoms. The second-order valence-electron chi connectivity index (χ2n) is 8.62. The van der Waals surface area contributed by atoms with E-state index in [4.69, 9.17) is 15.2 Å². The molecule has 3 aromatic rings. The molecule has 37 heavy (non-hydrogen) atoms. The minimum Gasteiger partial charge on any atom is -0.489 e. The van der Waals surface area contributed by atoms with Gasteiger partial charge in [0.25, 0.3) is 5.91 Å². The Morgan fingerprint density at radius 2 is 1.70 bits per heavy atom. The summed E-state index contributed by atoms with van der Waals surface area (Å²) < 4.78 is 51.8. The first-order valence-electron chi connectivity index (χ1n) is 11.0. The van der Waals surface area contributed by atoms with Crippen LogP contribution in [-0.4, -0.2) is 36.1 Å². The monoisotopic (exact) mass is 517 g/mol. The number of alkyl halides is 3. The summed E-state index contributed by atoms with van der Waals surface area (Å²) in [6, 6.07) is 11.8. The van der Waals surface area contributed by atoms with Gasteiger partial charge in [-0.25, -0.2) is 4.79 Å². The summed E-state index contributed by atoms with van der Waals surface area (Å²) in [4.78, 5) is 28.4. The van der Waals surface area contributed by atoms with Gasteiger partial charge in [0.1, 0.15) is 23.8 Å².